The van der Waals surface area contributed by atoms with Gasteiger partial charge in [-0.1, -0.05) is 0 Å². The minimum atomic E-state index is 0.336. The van der Waals surface area contributed by atoms with Crippen molar-refractivity contribution in [2.45, 2.75) is 18.9 Å². The number of methoxy groups -OCH3 is 1. The van der Waals surface area contributed by atoms with Gasteiger partial charge in [-0.2, -0.15) is 10.1 Å². The molecular weight excluding hydrogens is 280 g/mol. The average Bonchev–Trinajstić information content (AvgIpc) is 2.62. The lowest BCUT2D eigenvalue weighted by molar-refractivity contribution is 0.395. The fourth-order valence-electron chi connectivity index (χ4n) is 2.72. The Morgan fingerprint density at radius 3 is 3.00 bits per heavy atom. The van der Waals surface area contributed by atoms with Gasteiger partial charge in [-0.05, 0) is 25.0 Å². The van der Waals surface area contributed by atoms with E-state index in [0.29, 0.717) is 17.9 Å². The third kappa shape index (κ3) is 3.08. The number of piperidine rings is 1. The second-order valence-electron chi connectivity index (χ2n) is 5.33. The average molecular weight is 300 g/mol. The highest BCUT2D eigenvalue weighted by Crippen LogP contribution is 2.22. The zero-order valence-corrected chi connectivity index (χ0v) is 12.9. The van der Waals surface area contributed by atoms with Crippen molar-refractivity contribution < 1.29 is 4.74 Å². The summed E-state index contributed by atoms with van der Waals surface area (Å²) < 4.78 is 5.18. The number of hydrogen-bond donors (Lipinski definition) is 0. The number of rotatable bonds is 4. The van der Waals surface area contributed by atoms with Gasteiger partial charge in [0.2, 0.25) is 11.8 Å². The molecule has 3 heterocycles. The lowest BCUT2D eigenvalue weighted by atomic mass is 10.0. The fourth-order valence-corrected chi connectivity index (χ4v) is 2.72. The van der Waals surface area contributed by atoms with Crippen molar-refractivity contribution in [2.75, 3.05) is 37.0 Å². The van der Waals surface area contributed by atoms with E-state index in [1.165, 1.54) is 0 Å². The first kappa shape index (κ1) is 14.5. The summed E-state index contributed by atoms with van der Waals surface area (Å²) in [5.41, 5.74) is 0. The Labute approximate surface area is 130 Å². The Morgan fingerprint density at radius 2 is 2.23 bits per heavy atom. The lowest BCUT2D eigenvalue weighted by Crippen LogP contribution is -2.47. The number of likely N-dealkylation sites (N-methyl/N-ethyl adjacent to an activating group) is 1. The van der Waals surface area contributed by atoms with Crippen LogP contribution < -0.4 is 14.5 Å². The Hall–Kier alpha value is -2.44. The highest BCUT2D eigenvalue weighted by Gasteiger charge is 2.25. The molecule has 7 nitrogen and oxygen atoms in total. The Bertz CT molecular complexity index is 608. The van der Waals surface area contributed by atoms with Crippen LogP contribution in [-0.4, -0.2) is 53.5 Å². The molecule has 7 heteroatoms. The molecule has 22 heavy (non-hydrogen) atoms. The molecule has 0 radical (unpaired) electrons. The molecular formula is C15H20N6O. The zero-order chi connectivity index (χ0) is 15.4. The fraction of sp³-hybridized carbons (Fsp3) is 0.467. The molecule has 1 fully saturated rings. The molecule has 0 spiro atoms. The van der Waals surface area contributed by atoms with Gasteiger partial charge in [-0.3, -0.25) is 0 Å². The van der Waals surface area contributed by atoms with E-state index >= 15 is 0 Å². The number of aromatic nitrogens is 4. The highest BCUT2D eigenvalue weighted by atomic mass is 16.5. The molecule has 0 unspecified atom stereocenters. The van der Waals surface area contributed by atoms with Gasteiger partial charge in [-0.25, -0.2) is 4.98 Å². The van der Waals surface area contributed by atoms with E-state index in [0.717, 1.165) is 31.7 Å². The van der Waals surface area contributed by atoms with E-state index in [1.54, 1.807) is 25.6 Å². The first-order valence-corrected chi connectivity index (χ1v) is 7.40. The van der Waals surface area contributed by atoms with Crippen LogP contribution in [0, 0.1) is 0 Å². The minimum Gasteiger partial charge on any atom is -0.481 e. The van der Waals surface area contributed by atoms with Crippen LogP contribution in [-0.2, 0) is 0 Å². The number of nitrogens with zero attached hydrogens (tertiary/aromatic N) is 6. The number of hydrogen-bond acceptors (Lipinski definition) is 7. The summed E-state index contributed by atoms with van der Waals surface area (Å²) in [7, 11) is 3.64. The van der Waals surface area contributed by atoms with Crippen LogP contribution in [0.3, 0.4) is 0 Å². The first-order chi connectivity index (χ1) is 10.8. The van der Waals surface area contributed by atoms with E-state index < -0.39 is 0 Å². The molecule has 0 saturated carbocycles. The van der Waals surface area contributed by atoms with Crippen LogP contribution >= 0.6 is 0 Å². The minimum absolute atomic E-state index is 0.336. The monoisotopic (exact) mass is 300 g/mol. The zero-order valence-electron chi connectivity index (χ0n) is 12.9. The highest BCUT2D eigenvalue weighted by molar-refractivity contribution is 5.40. The topological polar surface area (TPSA) is 67.3 Å². The maximum atomic E-state index is 5.18. The predicted molar refractivity (Wildman–Crippen MR) is 84.3 cm³/mol. The Morgan fingerprint density at radius 1 is 1.32 bits per heavy atom. The van der Waals surface area contributed by atoms with Crippen LogP contribution in [0.4, 0.5) is 11.8 Å². The quantitative estimate of drug-likeness (QED) is 0.845. The van der Waals surface area contributed by atoms with Crippen LogP contribution in [0.1, 0.15) is 12.8 Å². The van der Waals surface area contributed by atoms with E-state index in [2.05, 4.69) is 30.0 Å². The maximum Gasteiger partial charge on any atom is 0.228 e. The third-order valence-electron chi connectivity index (χ3n) is 3.97. The first-order valence-electron chi connectivity index (χ1n) is 7.40. The van der Waals surface area contributed by atoms with Gasteiger partial charge in [0, 0.05) is 44.6 Å². The van der Waals surface area contributed by atoms with Crippen molar-refractivity contribution in [1.82, 2.24) is 20.2 Å². The number of anilines is 2. The summed E-state index contributed by atoms with van der Waals surface area (Å²) in [5.74, 6) is 2.19. The Balaban J connectivity index is 1.73. The Kier molecular flexibility index (Phi) is 4.32. The number of ether oxygens (including phenoxy) is 1. The van der Waals surface area contributed by atoms with Gasteiger partial charge in [-0.15, -0.1) is 5.10 Å². The van der Waals surface area contributed by atoms with Crippen molar-refractivity contribution >= 4 is 11.8 Å². The van der Waals surface area contributed by atoms with Crippen LogP contribution in [0.5, 0.6) is 5.88 Å². The van der Waals surface area contributed by atoms with E-state index in [4.69, 9.17) is 4.74 Å². The molecule has 0 amide bonds. The molecule has 2 aromatic heterocycles. The van der Waals surface area contributed by atoms with Crippen molar-refractivity contribution in [1.29, 1.82) is 0 Å². The molecule has 3 rings (SSSR count). The maximum absolute atomic E-state index is 5.18. The van der Waals surface area contributed by atoms with E-state index in [-0.39, 0.29) is 0 Å². The molecule has 1 aliphatic heterocycles. The molecule has 0 bridgehead atoms. The lowest BCUT2D eigenvalue weighted by Gasteiger charge is -2.38. The standard InChI is InChI=1S/C15H20N6O/c1-20(15-16-9-7-14(18-15)22-2)12-5-4-10-21(11-12)13-6-3-8-17-19-13/h3,6-9,12H,4-5,10-11H2,1-2H3/t12-/m0/s1. The van der Waals surface area contributed by atoms with Crippen molar-refractivity contribution in [3.05, 3.63) is 30.6 Å². The van der Waals surface area contributed by atoms with Crippen LogP contribution in [0.15, 0.2) is 30.6 Å². The summed E-state index contributed by atoms with van der Waals surface area (Å²) in [4.78, 5) is 13.1. The van der Waals surface area contributed by atoms with E-state index in [9.17, 15) is 0 Å². The van der Waals surface area contributed by atoms with Crippen molar-refractivity contribution in [2.24, 2.45) is 0 Å². The molecule has 116 valence electrons. The largest absolute Gasteiger partial charge is 0.481 e. The second-order valence-corrected chi connectivity index (χ2v) is 5.33. The van der Waals surface area contributed by atoms with Gasteiger partial charge in [0.25, 0.3) is 0 Å². The summed E-state index contributed by atoms with van der Waals surface area (Å²) in [6.07, 6.45) is 5.63. The molecule has 1 saturated heterocycles. The van der Waals surface area contributed by atoms with Gasteiger partial charge >= 0.3 is 0 Å². The van der Waals surface area contributed by atoms with Gasteiger partial charge in [0.15, 0.2) is 5.82 Å². The molecule has 0 aromatic carbocycles. The van der Waals surface area contributed by atoms with Gasteiger partial charge in [0.05, 0.1) is 7.11 Å². The SMILES string of the molecule is COc1ccnc(N(C)[C@H]2CCCN(c3cccnn3)C2)n1. The third-order valence-corrected chi connectivity index (χ3v) is 3.97. The molecule has 0 N–H and O–H groups in total. The normalized spacial score (nSPS) is 18.1. The van der Waals surface area contributed by atoms with Gasteiger partial charge < -0.3 is 14.5 Å². The molecule has 2 aromatic rings. The van der Waals surface area contributed by atoms with Crippen LogP contribution in [0.25, 0.3) is 0 Å². The summed E-state index contributed by atoms with van der Waals surface area (Å²) >= 11 is 0. The van der Waals surface area contributed by atoms with Gasteiger partial charge in [0.1, 0.15) is 0 Å². The molecule has 1 atom stereocenters. The summed E-state index contributed by atoms with van der Waals surface area (Å²) in [6, 6.07) is 6.00. The van der Waals surface area contributed by atoms with E-state index in [1.807, 2.05) is 19.2 Å². The molecule has 1 aliphatic rings. The summed E-state index contributed by atoms with van der Waals surface area (Å²) in [6.45, 7) is 1.89. The predicted octanol–water partition coefficient (Wildman–Crippen LogP) is 1.38. The van der Waals surface area contributed by atoms with Crippen molar-refractivity contribution in [3.8, 4) is 5.88 Å². The van der Waals surface area contributed by atoms with Crippen molar-refractivity contribution in [3.63, 3.8) is 0 Å². The summed E-state index contributed by atoms with van der Waals surface area (Å²) in [5, 5.41) is 8.17. The second kappa shape index (κ2) is 6.55. The smallest absolute Gasteiger partial charge is 0.228 e. The molecule has 0 aliphatic carbocycles. The van der Waals surface area contributed by atoms with Crippen LogP contribution in [0.2, 0.25) is 0 Å².